The topological polar surface area (TPSA) is 78.7 Å². The van der Waals surface area contributed by atoms with Crippen molar-refractivity contribution in [1.29, 1.82) is 0 Å². The summed E-state index contributed by atoms with van der Waals surface area (Å²) in [6, 6.07) is 18.0. The lowest BCUT2D eigenvalue weighted by atomic mass is 9.92. The number of alkyl halides is 3. The van der Waals surface area contributed by atoms with E-state index in [1.54, 1.807) is 42.2 Å². The number of halogens is 4. The lowest BCUT2D eigenvalue weighted by Crippen LogP contribution is -2.52. The van der Waals surface area contributed by atoms with Gasteiger partial charge in [-0.1, -0.05) is 41.9 Å². The fraction of sp³-hybridized carbons (Fsp3) is 0.250. The third-order valence-corrected chi connectivity index (χ3v) is 7.14. The summed E-state index contributed by atoms with van der Waals surface area (Å²) in [5.74, 6) is -1.28. The zero-order chi connectivity index (χ0) is 27.9. The summed E-state index contributed by atoms with van der Waals surface area (Å²) in [6.45, 7) is 2.09. The van der Waals surface area contributed by atoms with Crippen LogP contribution in [0, 0.1) is 0 Å². The number of carbonyl (C=O) groups excluding carboxylic acids is 2. The first-order chi connectivity index (χ1) is 18.5. The molecule has 0 saturated carbocycles. The summed E-state index contributed by atoms with van der Waals surface area (Å²) in [7, 11) is 0. The number of fused-ring (bicyclic) bond motifs is 1. The second-order valence-electron chi connectivity index (χ2n) is 9.21. The molecule has 11 heteroatoms. The Labute approximate surface area is 227 Å². The molecule has 1 aromatic heterocycles. The number of hydrogen-bond donors (Lipinski definition) is 1. The molecule has 1 aliphatic rings. The Morgan fingerprint density at radius 1 is 1.03 bits per heavy atom. The molecule has 0 bridgehead atoms. The van der Waals surface area contributed by atoms with Gasteiger partial charge in [0.05, 0.1) is 11.0 Å². The third kappa shape index (κ3) is 4.63. The van der Waals surface area contributed by atoms with Crippen LogP contribution < -0.4 is 4.90 Å². The molecule has 202 valence electrons. The summed E-state index contributed by atoms with van der Waals surface area (Å²) < 4.78 is 44.4. The van der Waals surface area contributed by atoms with Gasteiger partial charge in [0.15, 0.2) is 5.82 Å². The van der Waals surface area contributed by atoms with Crippen LogP contribution in [-0.4, -0.2) is 57.2 Å². The number of carbonyl (C=O) groups is 2. The van der Waals surface area contributed by atoms with E-state index in [-0.39, 0.29) is 54.2 Å². The largest absolute Gasteiger partial charge is 0.428 e. The molecule has 0 aliphatic carbocycles. The zero-order valence-electron chi connectivity index (χ0n) is 20.8. The van der Waals surface area contributed by atoms with Crippen LogP contribution in [0.15, 0.2) is 72.8 Å². The summed E-state index contributed by atoms with van der Waals surface area (Å²) in [5.41, 5.74) is -2.39. The van der Waals surface area contributed by atoms with E-state index in [0.29, 0.717) is 10.7 Å². The summed E-state index contributed by atoms with van der Waals surface area (Å²) in [4.78, 5) is 33.3. The molecule has 2 heterocycles. The first kappa shape index (κ1) is 26.7. The quantitative estimate of drug-likeness (QED) is 0.375. The van der Waals surface area contributed by atoms with E-state index in [9.17, 15) is 27.9 Å². The highest BCUT2D eigenvalue weighted by Gasteiger charge is 2.59. The first-order valence-electron chi connectivity index (χ1n) is 12.2. The number of aliphatic hydroxyl groups is 1. The van der Waals surface area contributed by atoms with Crippen LogP contribution in [0.4, 0.5) is 18.9 Å². The lowest BCUT2D eigenvalue weighted by molar-refractivity contribution is -0.252. The summed E-state index contributed by atoms with van der Waals surface area (Å²) >= 11 is 5.93. The number of aromatic nitrogens is 2. The van der Waals surface area contributed by atoms with E-state index in [0.717, 1.165) is 0 Å². The van der Waals surface area contributed by atoms with Crippen molar-refractivity contribution < 1.29 is 27.9 Å². The number of anilines is 1. The first-order valence-corrected chi connectivity index (χ1v) is 12.6. The maximum absolute atomic E-state index is 14.4. The highest BCUT2D eigenvalue weighted by atomic mass is 35.5. The lowest BCUT2D eigenvalue weighted by Gasteiger charge is -2.34. The van der Waals surface area contributed by atoms with Gasteiger partial charge in [0.2, 0.25) is 11.5 Å². The number of aryl methyl sites for hydroxylation is 1. The smallest absolute Gasteiger partial charge is 0.370 e. The number of nitrogens with zero attached hydrogens (tertiary/aromatic N) is 4. The molecule has 1 atom stereocenters. The van der Waals surface area contributed by atoms with E-state index in [1.807, 2.05) is 0 Å². The van der Waals surface area contributed by atoms with Crippen molar-refractivity contribution in [1.82, 2.24) is 14.5 Å². The number of benzene rings is 3. The third-order valence-electron chi connectivity index (χ3n) is 6.88. The number of rotatable bonds is 5. The van der Waals surface area contributed by atoms with Crippen LogP contribution in [0.3, 0.4) is 0 Å². The Morgan fingerprint density at radius 2 is 1.72 bits per heavy atom. The maximum Gasteiger partial charge on any atom is 0.428 e. The van der Waals surface area contributed by atoms with Gasteiger partial charge in [0.1, 0.15) is 6.54 Å². The van der Waals surface area contributed by atoms with Crippen molar-refractivity contribution in [3.63, 3.8) is 0 Å². The number of imidazole rings is 1. The Morgan fingerprint density at radius 3 is 2.33 bits per heavy atom. The summed E-state index contributed by atoms with van der Waals surface area (Å²) in [6.07, 6.45) is -5.06. The van der Waals surface area contributed by atoms with Crippen molar-refractivity contribution in [2.24, 2.45) is 0 Å². The van der Waals surface area contributed by atoms with Gasteiger partial charge < -0.3 is 19.5 Å². The highest BCUT2D eigenvalue weighted by Crippen LogP contribution is 2.44. The minimum Gasteiger partial charge on any atom is -0.370 e. The predicted molar refractivity (Wildman–Crippen MR) is 141 cm³/mol. The maximum atomic E-state index is 14.4. The van der Waals surface area contributed by atoms with Gasteiger partial charge >= 0.3 is 6.18 Å². The molecule has 5 rings (SSSR count). The average molecular weight is 557 g/mol. The fourth-order valence-corrected chi connectivity index (χ4v) is 5.00. The molecule has 1 aliphatic heterocycles. The van der Waals surface area contributed by atoms with Crippen molar-refractivity contribution in [3.8, 4) is 0 Å². The molecule has 1 fully saturated rings. The van der Waals surface area contributed by atoms with Gasteiger partial charge in [-0.25, -0.2) is 4.98 Å². The predicted octanol–water partition coefficient (Wildman–Crippen LogP) is 5.00. The van der Waals surface area contributed by atoms with Crippen molar-refractivity contribution in [3.05, 3.63) is 94.8 Å². The Hall–Kier alpha value is -3.89. The van der Waals surface area contributed by atoms with Gasteiger partial charge in [-0.05, 0) is 49.4 Å². The number of amides is 2. The Balaban J connectivity index is 1.47. The molecule has 3 aromatic carbocycles. The van der Waals surface area contributed by atoms with E-state index in [1.165, 1.54) is 51.9 Å². The molecular formula is C28H24ClF3N4O3. The molecule has 7 nitrogen and oxygen atoms in total. The molecule has 1 saturated heterocycles. The zero-order valence-corrected chi connectivity index (χ0v) is 21.6. The van der Waals surface area contributed by atoms with Gasteiger partial charge in [0, 0.05) is 41.5 Å². The van der Waals surface area contributed by atoms with Gasteiger partial charge in [0.25, 0.3) is 5.91 Å². The number of hydrogen-bond acceptors (Lipinski definition) is 4. The van der Waals surface area contributed by atoms with Crippen LogP contribution in [-0.2, 0) is 16.9 Å². The van der Waals surface area contributed by atoms with E-state index in [4.69, 9.17) is 11.6 Å². The SMILES string of the molecule is CCn1c(C(O)(c2ccccc2)C(F)(F)F)nc2ccc(C(=O)N3CCN(c4ccc(Cl)cc4)C(=O)C3)cc21. The van der Waals surface area contributed by atoms with Crippen molar-refractivity contribution in [2.75, 3.05) is 24.5 Å². The van der Waals surface area contributed by atoms with Gasteiger partial charge in [-0.15, -0.1) is 0 Å². The van der Waals surface area contributed by atoms with E-state index < -0.39 is 23.5 Å². The second-order valence-corrected chi connectivity index (χ2v) is 9.64. The highest BCUT2D eigenvalue weighted by molar-refractivity contribution is 6.30. The molecule has 2 amide bonds. The normalized spacial score (nSPS) is 16.0. The van der Waals surface area contributed by atoms with Gasteiger partial charge in [-0.2, -0.15) is 13.2 Å². The number of piperazine rings is 1. The fourth-order valence-electron chi connectivity index (χ4n) is 4.87. The van der Waals surface area contributed by atoms with Crippen LogP contribution in [0.5, 0.6) is 0 Å². The second kappa shape index (κ2) is 10.0. The van der Waals surface area contributed by atoms with Crippen LogP contribution in [0.1, 0.15) is 28.7 Å². The van der Waals surface area contributed by atoms with E-state index >= 15 is 0 Å². The molecular weight excluding hydrogens is 533 g/mol. The standard InChI is InChI=1S/C28H24ClF3N4O3/c1-2-35-23-16-18(25(38)34-14-15-36(24(37)17-34)21-11-9-20(29)10-12-21)8-13-22(23)33-26(35)27(39,28(30,31)32)19-6-4-3-5-7-19/h3-13,16,39H,2,14-15,17H2,1H3. The molecule has 39 heavy (non-hydrogen) atoms. The summed E-state index contributed by atoms with van der Waals surface area (Å²) in [5, 5.41) is 11.7. The molecule has 4 aromatic rings. The van der Waals surface area contributed by atoms with Crippen molar-refractivity contribution in [2.45, 2.75) is 25.2 Å². The molecule has 0 spiro atoms. The molecule has 1 unspecified atom stereocenters. The van der Waals surface area contributed by atoms with Crippen LogP contribution in [0.2, 0.25) is 5.02 Å². The average Bonchev–Trinajstić information content (AvgIpc) is 3.30. The minimum atomic E-state index is -5.06. The molecule has 1 N–H and O–H groups in total. The Bertz CT molecular complexity index is 1540. The van der Waals surface area contributed by atoms with Crippen LogP contribution in [0.25, 0.3) is 11.0 Å². The van der Waals surface area contributed by atoms with E-state index in [2.05, 4.69) is 4.98 Å². The van der Waals surface area contributed by atoms with Gasteiger partial charge in [-0.3, -0.25) is 9.59 Å². The molecule has 0 radical (unpaired) electrons. The Kier molecular flexibility index (Phi) is 6.86. The monoisotopic (exact) mass is 556 g/mol. The minimum absolute atomic E-state index is 0.0625. The van der Waals surface area contributed by atoms with Crippen molar-refractivity contribution >= 4 is 40.1 Å². The van der Waals surface area contributed by atoms with Crippen LogP contribution >= 0.6 is 11.6 Å².